The molecule has 6 nitrogen and oxygen atoms in total. The van der Waals surface area contributed by atoms with E-state index in [1.165, 1.54) is 30.5 Å². The molecule has 2 aromatic carbocycles. The number of guanidine groups is 1. The third-order valence-corrected chi connectivity index (χ3v) is 3.89. The van der Waals surface area contributed by atoms with Crippen molar-refractivity contribution >= 4 is 29.9 Å². The molecule has 0 saturated heterocycles. The van der Waals surface area contributed by atoms with E-state index in [4.69, 9.17) is 10.2 Å². The molecule has 0 amide bonds. The smallest absolute Gasteiger partial charge is 0.444 e. The van der Waals surface area contributed by atoms with Crippen LogP contribution in [-0.2, 0) is 13.1 Å². The van der Waals surface area contributed by atoms with Gasteiger partial charge < -0.3 is 20.2 Å². The molecule has 3 rings (SSSR count). The SMILES string of the molecule is Cc1ccc(-c2nc(CNC(N)=NCc3ccc(OC(F)(F)F)cc3)co2)cc1.I. The van der Waals surface area contributed by atoms with Gasteiger partial charge in [-0.25, -0.2) is 9.98 Å². The summed E-state index contributed by atoms with van der Waals surface area (Å²) in [4.78, 5) is 8.54. The second kappa shape index (κ2) is 10.3. The van der Waals surface area contributed by atoms with E-state index in [-0.39, 0.29) is 42.2 Å². The minimum Gasteiger partial charge on any atom is -0.444 e. The quantitative estimate of drug-likeness (QED) is 0.272. The highest BCUT2D eigenvalue weighted by molar-refractivity contribution is 14.0. The molecular weight excluding hydrogens is 512 g/mol. The molecule has 0 aliphatic rings. The van der Waals surface area contributed by atoms with Gasteiger partial charge in [0.05, 0.1) is 18.8 Å². The third kappa shape index (κ3) is 7.25. The van der Waals surface area contributed by atoms with Crippen LogP contribution in [-0.4, -0.2) is 17.3 Å². The van der Waals surface area contributed by atoms with Crippen molar-refractivity contribution in [3.05, 3.63) is 71.6 Å². The molecule has 0 aliphatic heterocycles. The summed E-state index contributed by atoms with van der Waals surface area (Å²) in [5, 5.41) is 2.92. The number of aromatic nitrogens is 1. The normalized spacial score (nSPS) is 11.7. The molecule has 3 N–H and O–H groups in total. The Kier molecular flexibility index (Phi) is 8.09. The maximum Gasteiger partial charge on any atom is 0.573 e. The number of rotatable bonds is 6. The van der Waals surface area contributed by atoms with Crippen LogP contribution in [0.3, 0.4) is 0 Å². The predicted molar refractivity (Wildman–Crippen MR) is 117 cm³/mol. The van der Waals surface area contributed by atoms with E-state index in [9.17, 15) is 13.2 Å². The monoisotopic (exact) mass is 532 g/mol. The zero-order valence-corrected chi connectivity index (χ0v) is 18.3. The number of aryl methyl sites for hydroxylation is 1. The number of halogens is 4. The van der Waals surface area contributed by atoms with Crippen LogP contribution in [0.25, 0.3) is 11.5 Å². The summed E-state index contributed by atoms with van der Waals surface area (Å²) in [5.74, 6) is 0.408. The minimum atomic E-state index is -4.71. The summed E-state index contributed by atoms with van der Waals surface area (Å²) in [5.41, 5.74) is 9.19. The van der Waals surface area contributed by atoms with Crippen LogP contribution >= 0.6 is 24.0 Å². The van der Waals surface area contributed by atoms with E-state index < -0.39 is 6.36 Å². The van der Waals surface area contributed by atoms with Gasteiger partial charge in [-0.1, -0.05) is 29.8 Å². The fourth-order valence-corrected chi connectivity index (χ4v) is 2.43. The molecule has 0 fully saturated rings. The summed E-state index contributed by atoms with van der Waals surface area (Å²) in [6.07, 6.45) is -3.18. The standard InChI is InChI=1S/C20H19F3N4O2.HI/c1-13-2-6-15(7-3-13)18-27-16(12-28-18)11-26-19(24)25-10-14-4-8-17(9-5-14)29-20(21,22)23;/h2-9,12H,10-11H2,1H3,(H3,24,25,26);1H. The van der Waals surface area contributed by atoms with Gasteiger partial charge in [0, 0.05) is 5.56 Å². The summed E-state index contributed by atoms with van der Waals surface area (Å²) in [7, 11) is 0. The van der Waals surface area contributed by atoms with Crippen LogP contribution in [0.1, 0.15) is 16.8 Å². The Morgan fingerprint density at radius 3 is 2.43 bits per heavy atom. The molecule has 0 saturated carbocycles. The summed E-state index contributed by atoms with van der Waals surface area (Å²) in [6, 6.07) is 13.2. The van der Waals surface area contributed by atoms with Gasteiger partial charge in [-0.3, -0.25) is 0 Å². The molecule has 3 aromatic rings. The van der Waals surface area contributed by atoms with Crippen molar-refractivity contribution < 1.29 is 22.3 Å². The molecule has 10 heteroatoms. The van der Waals surface area contributed by atoms with Gasteiger partial charge in [-0.05, 0) is 36.8 Å². The largest absolute Gasteiger partial charge is 0.573 e. The number of ether oxygens (including phenoxy) is 1. The van der Waals surface area contributed by atoms with Crippen molar-refractivity contribution in [1.29, 1.82) is 0 Å². The van der Waals surface area contributed by atoms with Crippen molar-refractivity contribution in [2.45, 2.75) is 26.4 Å². The molecule has 0 spiro atoms. The second-order valence-corrected chi connectivity index (χ2v) is 6.26. The molecule has 0 atom stereocenters. The van der Waals surface area contributed by atoms with E-state index >= 15 is 0 Å². The molecule has 1 aromatic heterocycles. The lowest BCUT2D eigenvalue weighted by molar-refractivity contribution is -0.274. The molecule has 0 aliphatic carbocycles. The number of hydrogen-bond donors (Lipinski definition) is 2. The van der Waals surface area contributed by atoms with Crippen LogP contribution < -0.4 is 15.8 Å². The number of hydrogen-bond acceptors (Lipinski definition) is 4. The van der Waals surface area contributed by atoms with Crippen LogP contribution in [0.4, 0.5) is 13.2 Å². The third-order valence-electron chi connectivity index (χ3n) is 3.89. The molecule has 30 heavy (non-hydrogen) atoms. The first-order valence-electron chi connectivity index (χ1n) is 8.68. The van der Waals surface area contributed by atoms with Gasteiger partial charge in [0.25, 0.3) is 0 Å². The molecule has 160 valence electrons. The van der Waals surface area contributed by atoms with Gasteiger partial charge in [-0.15, -0.1) is 37.1 Å². The number of aliphatic imine (C=N–C) groups is 1. The fraction of sp³-hybridized carbons (Fsp3) is 0.200. The van der Waals surface area contributed by atoms with E-state index in [1.54, 1.807) is 0 Å². The first kappa shape index (κ1) is 23.5. The Morgan fingerprint density at radius 1 is 1.13 bits per heavy atom. The lowest BCUT2D eigenvalue weighted by Gasteiger charge is -2.09. The Morgan fingerprint density at radius 2 is 1.80 bits per heavy atom. The molecule has 0 bridgehead atoms. The number of nitrogens with one attached hydrogen (secondary N) is 1. The summed E-state index contributed by atoms with van der Waals surface area (Å²) in [6.45, 7) is 2.53. The molecule has 1 heterocycles. The molecule has 0 unspecified atom stereocenters. The van der Waals surface area contributed by atoms with E-state index in [1.807, 2.05) is 31.2 Å². The number of nitrogens with zero attached hydrogens (tertiary/aromatic N) is 2. The van der Waals surface area contributed by atoms with Crippen LogP contribution in [0.2, 0.25) is 0 Å². The lowest BCUT2D eigenvalue weighted by Crippen LogP contribution is -2.31. The van der Waals surface area contributed by atoms with Gasteiger partial charge in [-0.2, -0.15) is 0 Å². The van der Waals surface area contributed by atoms with E-state index in [2.05, 4.69) is 20.0 Å². The number of alkyl halides is 3. The first-order valence-corrected chi connectivity index (χ1v) is 8.68. The zero-order chi connectivity index (χ0) is 20.9. The van der Waals surface area contributed by atoms with Gasteiger partial charge in [0.1, 0.15) is 12.0 Å². The Balaban J connectivity index is 0.00000320. The summed E-state index contributed by atoms with van der Waals surface area (Å²) < 4.78 is 45.8. The first-order chi connectivity index (χ1) is 13.8. The van der Waals surface area contributed by atoms with Crippen molar-refractivity contribution in [2.24, 2.45) is 10.7 Å². The van der Waals surface area contributed by atoms with Crippen molar-refractivity contribution in [3.8, 4) is 17.2 Å². The Hall–Kier alpha value is -2.76. The lowest BCUT2D eigenvalue weighted by atomic mass is 10.1. The van der Waals surface area contributed by atoms with Gasteiger partial charge in [0.15, 0.2) is 5.96 Å². The Bertz CT molecular complexity index is 971. The maximum atomic E-state index is 12.2. The summed E-state index contributed by atoms with van der Waals surface area (Å²) >= 11 is 0. The molecular formula is C20H20F3IN4O2. The fourth-order valence-electron chi connectivity index (χ4n) is 2.43. The average molecular weight is 532 g/mol. The van der Waals surface area contributed by atoms with Gasteiger partial charge in [0.2, 0.25) is 5.89 Å². The average Bonchev–Trinajstić information content (AvgIpc) is 3.14. The number of oxazole rings is 1. The number of benzene rings is 2. The number of nitrogens with two attached hydrogens (primary N) is 1. The highest BCUT2D eigenvalue weighted by Crippen LogP contribution is 2.23. The zero-order valence-electron chi connectivity index (χ0n) is 15.9. The van der Waals surface area contributed by atoms with Crippen molar-refractivity contribution in [3.63, 3.8) is 0 Å². The van der Waals surface area contributed by atoms with E-state index in [0.29, 0.717) is 23.7 Å². The minimum absolute atomic E-state index is 0. The molecule has 0 radical (unpaired) electrons. The Labute approximate surface area is 188 Å². The van der Waals surface area contributed by atoms with E-state index in [0.717, 1.165) is 11.1 Å². The highest BCUT2D eigenvalue weighted by Gasteiger charge is 2.30. The van der Waals surface area contributed by atoms with Crippen molar-refractivity contribution in [2.75, 3.05) is 0 Å². The maximum absolute atomic E-state index is 12.2. The van der Waals surface area contributed by atoms with Crippen LogP contribution in [0, 0.1) is 6.92 Å². The highest BCUT2D eigenvalue weighted by atomic mass is 127. The topological polar surface area (TPSA) is 85.7 Å². The van der Waals surface area contributed by atoms with Crippen LogP contribution in [0.15, 0.2) is 64.2 Å². The van der Waals surface area contributed by atoms with Crippen LogP contribution in [0.5, 0.6) is 5.75 Å². The predicted octanol–water partition coefficient (Wildman–Crippen LogP) is 4.77. The second-order valence-electron chi connectivity index (χ2n) is 6.26. The van der Waals surface area contributed by atoms with Gasteiger partial charge >= 0.3 is 6.36 Å². The van der Waals surface area contributed by atoms with Crippen molar-refractivity contribution in [1.82, 2.24) is 10.3 Å².